The number of hydrogen-bond acceptors (Lipinski definition) is 35. The summed E-state index contributed by atoms with van der Waals surface area (Å²) in [4.78, 5) is 228. The van der Waals surface area contributed by atoms with Crippen LogP contribution in [0, 0.1) is 0 Å². The number of nitrogens with two attached hydrogens (primary N) is 1. The van der Waals surface area contributed by atoms with Gasteiger partial charge in [0.25, 0.3) is 0 Å². The zero-order valence-corrected chi connectivity index (χ0v) is 66.2. The van der Waals surface area contributed by atoms with Crippen molar-refractivity contribution in [3.63, 3.8) is 0 Å². The standard InChI is InChI=1S/C70H111N11O33/c1-37(82)78-58-64(109-46(10)91)61(106-43(7)88)50(34-103-40(4)85)112-68(58)100-26-18-15-23-72-53(94)29-75-56(97)32-81(33-57(98)76-30-54(95)73-24-16-19-27-101-69-59(79-38(2)83)65(110-47(11)92)62(107-44(8)89)51(113-69)35-104-41(5)86)49(21-13-14-22-71)67(99)77-31-55(96)74-25-17-20-28-102-70-60(80-39(3)84)66(111-48(12)93)63(108-45(9)90)52(114-70)36-105-42(6)87/h49-52,58-66,68-70H,13-36,71H2,1-12H3,(H,72,94)(H,73,95)(H,74,96)(H,75,97)(H,76,98)(H,77,99)(H,78,82)(H,79,83)(H,80,84)/t49?,50?,51?,52?,58?,59?,60?,61-,62-,63-,64+,65+,66+,68+,69+,70+/m0/s1. The van der Waals surface area contributed by atoms with E-state index in [1.165, 1.54) is 25.7 Å². The number of rotatable bonds is 49. The van der Waals surface area contributed by atoms with E-state index < -0.39 is 257 Å². The maximum absolute atomic E-state index is 14.2. The van der Waals surface area contributed by atoms with Crippen molar-refractivity contribution in [3.8, 4) is 0 Å². The molecule has 0 bridgehead atoms. The average Bonchev–Trinajstić information content (AvgIpc) is 0.798. The Bertz CT molecular complexity index is 3120. The van der Waals surface area contributed by atoms with Crippen molar-refractivity contribution in [2.75, 3.05) is 98.5 Å². The van der Waals surface area contributed by atoms with Crippen LogP contribution in [-0.4, -0.2) is 308 Å². The summed E-state index contributed by atoms with van der Waals surface area (Å²) < 4.78 is 84.0. The number of unbranched alkanes of at least 4 members (excludes halogenated alkanes) is 4. The Balaban J connectivity index is 1.74. The molecule has 44 nitrogen and oxygen atoms in total. The number of esters is 9. The third-order valence-corrected chi connectivity index (χ3v) is 16.4. The van der Waals surface area contributed by atoms with Gasteiger partial charge in [0.05, 0.1) is 38.8 Å². The van der Waals surface area contributed by atoms with E-state index in [0.717, 1.165) is 62.3 Å². The third-order valence-electron chi connectivity index (χ3n) is 16.4. The minimum Gasteiger partial charge on any atom is -0.463 e. The number of hydrogen-bond donors (Lipinski definition) is 10. The van der Waals surface area contributed by atoms with E-state index in [1.807, 2.05) is 0 Å². The van der Waals surface area contributed by atoms with Gasteiger partial charge in [-0.15, -0.1) is 0 Å². The SMILES string of the molecule is CC(=O)NC1[C@H](OCCCCNC(=O)CNC(=O)CN(CC(=O)NCC(=O)NCCCCO[C@@H]2OC(COC(C)=O)[C@H](OC(C)=O)[C@H](OC(C)=O)C2NC(C)=O)C(CCCCN)C(=O)NCC(=O)NCCCCO[C@@H]2OC(COC(C)=O)[C@H](OC(C)=O)[C@H](OC(C)=O)C2NC(C)=O)OC(COC(C)=O)[C@H](OC(C)=O)[C@@H]1OC(C)=O. The van der Waals surface area contributed by atoms with Crippen LogP contribution in [0.5, 0.6) is 0 Å². The van der Waals surface area contributed by atoms with Gasteiger partial charge < -0.3 is 125 Å². The van der Waals surface area contributed by atoms with Crippen LogP contribution in [0.2, 0.25) is 0 Å². The lowest BCUT2D eigenvalue weighted by Crippen LogP contribution is -2.66. The van der Waals surface area contributed by atoms with Gasteiger partial charge in [-0.2, -0.15) is 0 Å². The van der Waals surface area contributed by atoms with Crippen molar-refractivity contribution in [3.05, 3.63) is 0 Å². The molecule has 7 unspecified atom stereocenters. The van der Waals surface area contributed by atoms with Crippen LogP contribution in [0.4, 0.5) is 0 Å². The molecule has 3 saturated heterocycles. The number of carbonyl (C=O) groups is 18. The molecule has 11 N–H and O–H groups in total. The molecule has 644 valence electrons. The highest BCUT2D eigenvalue weighted by molar-refractivity contribution is 5.91. The number of carbonyl (C=O) groups excluding carboxylic acids is 18. The molecule has 0 aromatic rings. The Morgan fingerprint density at radius 3 is 0.877 bits per heavy atom. The second-order valence-electron chi connectivity index (χ2n) is 26.4. The van der Waals surface area contributed by atoms with Crippen LogP contribution in [0.3, 0.4) is 0 Å². The summed E-state index contributed by atoms with van der Waals surface area (Å²) in [5, 5.41) is 23.2. The second-order valence-corrected chi connectivity index (χ2v) is 26.4. The van der Waals surface area contributed by atoms with E-state index in [0.29, 0.717) is 6.42 Å². The molecule has 0 aliphatic carbocycles. The topological polar surface area (TPSA) is 583 Å². The molecule has 3 aliphatic heterocycles. The van der Waals surface area contributed by atoms with Gasteiger partial charge in [-0.05, 0) is 57.9 Å². The van der Waals surface area contributed by atoms with E-state index in [1.54, 1.807) is 0 Å². The van der Waals surface area contributed by atoms with Crippen LogP contribution in [0.1, 0.15) is 141 Å². The Labute approximate surface area is 658 Å². The molecule has 114 heavy (non-hydrogen) atoms. The minimum absolute atomic E-state index is 0.0248. The quantitative estimate of drug-likeness (QED) is 0.0155. The lowest BCUT2D eigenvalue weighted by Gasteiger charge is -2.44. The van der Waals surface area contributed by atoms with Crippen LogP contribution >= 0.6 is 0 Å². The van der Waals surface area contributed by atoms with Gasteiger partial charge in [-0.3, -0.25) is 91.2 Å². The largest absolute Gasteiger partial charge is 0.463 e. The Kier molecular flexibility index (Phi) is 45.3. The fourth-order valence-corrected chi connectivity index (χ4v) is 11.8. The fraction of sp³-hybridized carbons (Fsp3) is 0.743. The first kappa shape index (κ1) is 98.3. The van der Waals surface area contributed by atoms with Crippen molar-refractivity contribution < 1.29 is 157 Å². The summed E-state index contributed by atoms with van der Waals surface area (Å²) in [7, 11) is 0. The van der Waals surface area contributed by atoms with Crippen molar-refractivity contribution in [2.45, 2.75) is 239 Å². The molecule has 3 aliphatic rings. The van der Waals surface area contributed by atoms with Crippen molar-refractivity contribution in [2.24, 2.45) is 5.73 Å². The molecule has 0 spiro atoms. The van der Waals surface area contributed by atoms with E-state index in [2.05, 4.69) is 47.9 Å². The molecule has 9 amide bonds. The zero-order valence-electron chi connectivity index (χ0n) is 66.2. The first-order valence-corrected chi connectivity index (χ1v) is 37.0. The summed E-state index contributed by atoms with van der Waals surface area (Å²) in [6.45, 7) is 8.88. The van der Waals surface area contributed by atoms with Gasteiger partial charge in [0.15, 0.2) is 55.5 Å². The molecule has 0 saturated carbocycles. The van der Waals surface area contributed by atoms with Crippen LogP contribution in [0.15, 0.2) is 0 Å². The Morgan fingerprint density at radius 1 is 0.333 bits per heavy atom. The molecule has 0 radical (unpaired) electrons. The van der Waals surface area contributed by atoms with Crippen molar-refractivity contribution in [1.29, 1.82) is 0 Å². The van der Waals surface area contributed by atoms with Gasteiger partial charge >= 0.3 is 53.7 Å². The molecule has 3 fully saturated rings. The van der Waals surface area contributed by atoms with Crippen molar-refractivity contribution >= 4 is 107 Å². The Morgan fingerprint density at radius 2 is 0.614 bits per heavy atom. The van der Waals surface area contributed by atoms with Gasteiger partial charge in [0.2, 0.25) is 53.2 Å². The lowest BCUT2D eigenvalue weighted by atomic mass is 9.96. The van der Waals surface area contributed by atoms with Crippen LogP contribution < -0.4 is 53.6 Å². The monoisotopic (exact) mass is 1630 g/mol. The average molecular weight is 1630 g/mol. The number of amides is 9. The first-order chi connectivity index (χ1) is 53.9. The Hall–Kier alpha value is -9.86. The molecule has 3 heterocycles. The molecule has 44 heteroatoms. The van der Waals surface area contributed by atoms with Gasteiger partial charge in [-0.1, -0.05) is 6.42 Å². The van der Waals surface area contributed by atoms with E-state index >= 15 is 0 Å². The van der Waals surface area contributed by atoms with Crippen LogP contribution in [0.25, 0.3) is 0 Å². The van der Waals surface area contributed by atoms with Crippen molar-refractivity contribution in [1.82, 2.24) is 52.8 Å². The highest BCUT2D eigenvalue weighted by Crippen LogP contribution is 2.32. The fourth-order valence-electron chi connectivity index (χ4n) is 11.8. The predicted molar refractivity (Wildman–Crippen MR) is 384 cm³/mol. The smallest absolute Gasteiger partial charge is 0.303 e. The molecule has 0 aromatic carbocycles. The highest BCUT2D eigenvalue weighted by Gasteiger charge is 2.54. The molecular weight excluding hydrogens is 1520 g/mol. The second kappa shape index (κ2) is 52.5. The minimum atomic E-state index is -1.36. The van der Waals surface area contributed by atoms with Crippen LogP contribution in [-0.2, 0) is 157 Å². The summed E-state index contributed by atoms with van der Waals surface area (Å²) in [5.41, 5.74) is 5.82. The summed E-state index contributed by atoms with van der Waals surface area (Å²) in [6, 6.07) is -5.00. The maximum atomic E-state index is 14.2. The van der Waals surface area contributed by atoms with E-state index in [9.17, 15) is 86.3 Å². The predicted octanol–water partition coefficient (Wildman–Crippen LogP) is -5.16. The summed E-state index contributed by atoms with van der Waals surface area (Å²) in [5.74, 6) is -13.2. The third kappa shape index (κ3) is 38.8. The van der Waals surface area contributed by atoms with E-state index in [-0.39, 0.29) is 97.4 Å². The molecule has 3 rings (SSSR count). The first-order valence-electron chi connectivity index (χ1n) is 37.0. The molecule has 16 atom stereocenters. The van der Waals surface area contributed by atoms with E-state index in [4.69, 9.17) is 76.8 Å². The van der Waals surface area contributed by atoms with Gasteiger partial charge in [0, 0.05) is 123 Å². The normalized spacial score (nSPS) is 23.2. The number of nitrogens with zero attached hydrogens (tertiary/aromatic N) is 1. The summed E-state index contributed by atoms with van der Waals surface area (Å²) in [6.07, 6.45) is -13.7. The molecule has 0 aromatic heterocycles. The maximum Gasteiger partial charge on any atom is 0.303 e. The highest BCUT2D eigenvalue weighted by atomic mass is 16.7. The number of ether oxygens (including phenoxy) is 15. The van der Waals surface area contributed by atoms with Gasteiger partial charge in [0.1, 0.15) is 56.3 Å². The summed E-state index contributed by atoms with van der Waals surface area (Å²) >= 11 is 0. The lowest BCUT2D eigenvalue weighted by molar-refractivity contribution is -0.277. The van der Waals surface area contributed by atoms with Gasteiger partial charge in [-0.25, -0.2) is 0 Å². The number of nitrogens with one attached hydrogen (secondary N) is 9. The zero-order chi connectivity index (χ0) is 85.1. The molecular formula is C70H111N11O33.